The molecule has 2 aromatic heterocycles. The lowest BCUT2D eigenvalue weighted by molar-refractivity contribution is 0.133. The van der Waals surface area contributed by atoms with Crippen molar-refractivity contribution in [2.75, 3.05) is 0 Å². The molecule has 0 amide bonds. The summed E-state index contributed by atoms with van der Waals surface area (Å²) < 4.78 is 6.74. The van der Waals surface area contributed by atoms with Crippen molar-refractivity contribution in [3.63, 3.8) is 0 Å². The molecule has 2 heterocycles. The smallest absolute Gasteiger partial charge is 0.137 e. The molecule has 74 valence electrons. The summed E-state index contributed by atoms with van der Waals surface area (Å²) in [5, 5.41) is 13.6. The highest BCUT2D eigenvalue weighted by molar-refractivity contribution is 5.01. The Hall–Kier alpha value is -1.62. The first-order valence-electron chi connectivity index (χ1n) is 4.40. The van der Waals surface area contributed by atoms with Gasteiger partial charge in [-0.3, -0.25) is 4.68 Å². The molecule has 1 unspecified atom stereocenters. The van der Waals surface area contributed by atoms with Crippen LogP contribution in [0.2, 0.25) is 0 Å². The zero-order valence-corrected chi connectivity index (χ0v) is 7.58. The van der Waals surface area contributed by atoms with Crippen LogP contribution in [0.3, 0.4) is 0 Å². The molecule has 2 aromatic rings. The summed E-state index contributed by atoms with van der Waals surface area (Å²) in [5.74, 6) is 0.588. The number of aliphatic hydroxyl groups excluding tert-OH is 1. The molecular weight excluding hydrogens is 182 g/mol. The van der Waals surface area contributed by atoms with E-state index in [4.69, 9.17) is 4.42 Å². The molecule has 0 aliphatic heterocycles. The maximum atomic E-state index is 9.65. The highest BCUT2D eigenvalue weighted by Gasteiger charge is 2.09. The minimum atomic E-state index is -0.575. The number of nitrogens with zero attached hydrogens (tertiary/aromatic N) is 3. The zero-order chi connectivity index (χ0) is 9.80. The number of aryl methyl sites for hydroxylation is 1. The Kier molecular flexibility index (Phi) is 2.60. The van der Waals surface area contributed by atoms with Gasteiger partial charge in [0.2, 0.25) is 0 Å². The number of hydrogen-bond acceptors (Lipinski definition) is 4. The number of furan rings is 1. The van der Waals surface area contributed by atoms with Crippen LogP contribution in [0.25, 0.3) is 0 Å². The fraction of sp³-hybridized carbons (Fsp3) is 0.333. The molecule has 0 saturated heterocycles. The van der Waals surface area contributed by atoms with Gasteiger partial charge in [0, 0.05) is 13.0 Å². The van der Waals surface area contributed by atoms with Crippen LogP contribution >= 0.6 is 0 Å². The maximum absolute atomic E-state index is 9.65. The summed E-state index contributed by atoms with van der Waals surface area (Å²) in [4.78, 5) is 3.81. The summed E-state index contributed by atoms with van der Waals surface area (Å²) in [6, 6.07) is 3.51. The maximum Gasteiger partial charge on any atom is 0.137 e. The van der Waals surface area contributed by atoms with Crippen LogP contribution in [0.5, 0.6) is 0 Å². The number of aromatic nitrogens is 3. The van der Waals surface area contributed by atoms with Gasteiger partial charge in [-0.05, 0) is 12.1 Å². The fourth-order valence-corrected chi connectivity index (χ4v) is 1.23. The highest BCUT2D eigenvalue weighted by Crippen LogP contribution is 2.16. The first-order chi connectivity index (χ1) is 6.86. The third-order valence-corrected chi connectivity index (χ3v) is 1.97. The van der Waals surface area contributed by atoms with Gasteiger partial charge >= 0.3 is 0 Å². The second-order valence-electron chi connectivity index (χ2n) is 2.98. The van der Waals surface area contributed by atoms with Gasteiger partial charge in [-0.25, -0.2) is 4.98 Å². The molecule has 0 radical (unpaired) electrons. The summed E-state index contributed by atoms with van der Waals surface area (Å²) in [6.45, 7) is 0.627. The van der Waals surface area contributed by atoms with Crippen LogP contribution in [0.4, 0.5) is 0 Å². The van der Waals surface area contributed by atoms with E-state index in [9.17, 15) is 5.11 Å². The van der Waals surface area contributed by atoms with Gasteiger partial charge in [0.1, 0.15) is 24.5 Å². The molecule has 0 fully saturated rings. The van der Waals surface area contributed by atoms with E-state index >= 15 is 0 Å². The molecule has 5 nitrogen and oxygen atoms in total. The third kappa shape index (κ3) is 2.00. The molecule has 0 spiro atoms. The number of aliphatic hydroxyl groups is 1. The van der Waals surface area contributed by atoms with Crippen molar-refractivity contribution in [2.45, 2.75) is 19.1 Å². The minimum Gasteiger partial charge on any atom is -0.467 e. The molecule has 0 aromatic carbocycles. The Labute approximate surface area is 81.0 Å². The van der Waals surface area contributed by atoms with E-state index in [2.05, 4.69) is 10.1 Å². The summed E-state index contributed by atoms with van der Waals surface area (Å²) >= 11 is 0. The Bertz CT molecular complexity index is 355. The van der Waals surface area contributed by atoms with Crippen molar-refractivity contribution in [3.05, 3.63) is 36.8 Å². The van der Waals surface area contributed by atoms with E-state index in [-0.39, 0.29) is 0 Å². The van der Waals surface area contributed by atoms with Crippen LogP contribution in [0.1, 0.15) is 18.3 Å². The molecule has 0 aliphatic rings. The third-order valence-electron chi connectivity index (χ3n) is 1.97. The van der Waals surface area contributed by atoms with Crippen molar-refractivity contribution >= 4 is 0 Å². The fourth-order valence-electron chi connectivity index (χ4n) is 1.23. The summed E-state index contributed by atoms with van der Waals surface area (Å²) in [6.07, 6.45) is 4.63. The second-order valence-corrected chi connectivity index (χ2v) is 2.98. The summed E-state index contributed by atoms with van der Waals surface area (Å²) in [7, 11) is 0. The number of rotatable bonds is 4. The summed E-state index contributed by atoms with van der Waals surface area (Å²) in [5.41, 5.74) is 0. The molecular formula is C9H11N3O2. The van der Waals surface area contributed by atoms with E-state index in [1.165, 1.54) is 6.33 Å². The second kappa shape index (κ2) is 4.06. The lowest BCUT2D eigenvalue weighted by Crippen LogP contribution is -2.04. The first-order valence-corrected chi connectivity index (χ1v) is 4.40. The van der Waals surface area contributed by atoms with Crippen LogP contribution in [-0.4, -0.2) is 19.9 Å². The van der Waals surface area contributed by atoms with Crippen LogP contribution in [-0.2, 0) is 6.54 Å². The van der Waals surface area contributed by atoms with Gasteiger partial charge in [-0.2, -0.15) is 5.10 Å². The Morgan fingerprint density at radius 2 is 2.50 bits per heavy atom. The molecule has 0 bridgehead atoms. The largest absolute Gasteiger partial charge is 0.467 e. The van der Waals surface area contributed by atoms with E-state index in [0.29, 0.717) is 18.7 Å². The van der Waals surface area contributed by atoms with Gasteiger partial charge in [-0.1, -0.05) is 0 Å². The Balaban J connectivity index is 1.87. The minimum absolute atomic E-state index is 0.566. The molecule has 14 heavy (non-hydrogen) atoms. The van der Waals surface area contributed by atoms with Crippen LogP contribution in [0.15, 0.2) is 35.5 Å². The number of hydrogen-bond donors (Lipinski definition) is 1. The molecule has 0 saturated carbocycles. The van der Waals surface area contributed by atoms with Gasteiger partial charge in [0.25, 0.3) is 0 Å². The van der Waals surface area contributed by atoms with Crippen molar-refractivity contribution in [2.24, 2.45) is 0 Å². The van der Waals surface area contributed by atoms with Crippen molar-refractivity contribution in [1.29, 1.82) is 0 Å². The van der Waals surface area contributed by atoms with Crippen LogP contribution in [0, 0.1) is 0 Å². The normalized spacial score (nSPS) is 12.9. The lowest BCUT2D eigenvalue weighted by Gasteiger charge is -2.06. The van der Waals surface area contributed by atoms with Gasteiger partial charge in [-0.15, -0.1) is 0 Å². The topological polar surface area (TPSA) is 64.1 Å². The zero-order valence-electron chi connectivity index (χ0n) is 7.58. The van der Waals surface area contributed by atoms with Gasteiger partial charge in [0.15, 0.2) is 0 Å². The average Bonchev–Trinajstić information content (AvgIpc) is 2.87. The monoisotopic (exact) mass is 193 g/mol. The van der Waals surface area contributed by atoms with Crippen LogP contribution < -0.4 is 0 Å². The van der Waals surface area contributed by atoms with E-state index in [1.807, 2.05) is 0 Å². The average molecular weight is 193 g/mol. The van der Waals surface area contributed by atoms with E-state index < -0.39 is 6.10 Å². The Morgan fingerprint density at radius 3 is 3.14 bits per heavy atom. The van der Waals surface area contributed by atoms with Gasteiger partial charge in [0.05, 0.1) is 6.26 Å². The molecule has 5 heteroatoms. The quantitative estimate of drug-likeness (QED) is 0.786. The molecule has 1 atom stereocenters. The first kappa shape index (κ1) is 8.96. The van der Waals surface area contributed by atoms with Crippen molar-refractivity contribution in [1.82, 2.24) is 14.8 Å². The standard InChI is InChI=1S/C9H11N3O2/c13-8(9-2-1-5-14-9)3-4-12-7-10-6-11-12/h1-2,5-8,13H,3-4H2. The van der Waals surface area contributed by atoms with Crippen molar-refractivity contribution < 1.29 is 9.52 Å². The predicted octanol–water partition coefficient (Wildman–Crippen LogP) is 0.995. The van der Waals surface area contributed by atoms with Crippen molar-refractivity contribution in [3.8, 4) is 0 Å². The lowest BCUT2D eigenvalue weighted by atomic mass is 10.2. The Morgan fingerprint density at radius 1 is 1.57 bits per heavy atom. The predicted molar refractivity (Wildman–Crippen MR) is 48.3 cm³/mol. The van der Waals surface area contributed by atoms with E-state index in [1.54, 1.807) is 29.4 Å². The molecule has 1 N–H and O–H groups in total. The molecule has 0 aliphatic carbocycles. The SMILES string of the molecule is OC(CCn1cncn1)c1ccco1. The highest BCUT2D eigenvalue weighted by atomic mass is 16.4. The van der Waals surface area contributed by atoms with Gasteiger partial charge < -0.3 is 9.52 Å². The van der Waals surface area contributed by atoms with E-state index in [0.717, 1.165) is 0 Å². The molecule has 2 rings (SSSR count).